The summed E-state index contributed by atoms with van der Waals surface area (Å²) in [5, 5.41) is 0. The van der Waals surface area contributed by atoms with E-state index in [2.05, 4.69) is 0 Å². The third kappa shape index (κ3) is 642. The van der Waals surface area contributed by atoms with Crippen molar-refractivity contribution >= 4 is 687 Å². The quantitative estimate of drug-likeness (QED) is 0.238. The van der Waals surface area contributed by atoms with E-state index >= 15 is 0 Å². The van der Waals surface area contributed by atoms with E-state index in [0.717, 1.165) is 0 Å². The second-order valence-corrected chi connectivity index (χ2v) is 0. The molecular formula is H45Cl25Li20. The molecule has 0 heterocycles. The van der Waals surface area contributed by atoms with Crippen LogP contribution in [0.3, 0.4) is 0 Å². The van der Waals surface area contributed by atoms with Crippen LogP contribution in [-0.2, 0) is 0 Å². The third-order valence-corrected chi connectivity index (χ3v) is 0. The van der Waals surface area contributed by atoms with Crippen LogP contribution in [0.15, 0.2) is 0 Å². The Balaban J connectivity index is 0. The van der Waals surface area contributed by atoms with Gasteiger partial charge in [-0.2, -0.15) is 0 Å². The summed E-state index contributed by atoms with van der Waals surface area (Å²) in [7, 11) is 0. The van der Waals surface area contributed by atoms with Crippen LogP contribution in [0.2, 0.25) is 0 Å². The first kappa shape index (κ1) is 696. The second-order valence-electron chi connectivity index (χ2n) is 0. The molecule has 0 nitrogen and oxygen atoms in total. The van der Waals surface area contributed by atoms with Crippen LogP contribution >= 0.6 is 310 Å². The van der Waals surface area contributed by atoms with Gasteiger partial charge in [0.25, 0.3) is 0 Å². The summed E-state index contributed by atoms with van der Waals surface area (Å²) in [5.74, 6) is 0. The van der Waals surface area contributed by atoms with Gasteiger partial charge in [0.05, 0.1) is 0 Å². The van der Waals surface area contributed by atoms with Crippen molar-refractivity contribution in [3.63, 3.8) is 0 Å². The summed E-state index contributed by atoms with van der Waals surface area (Å²) in [6.07, 6.45) is 0. The SMILES string of the molecule is Cl.Cl.Cl.Cl.Cl.Cl.Cl.Cl.Cl.Cl.Cl.Cl.Cl.Cl.Cl.Cl.Cl.Cl.Cl.Cl.Cl.Cl.Cl.Cl.Cl.[LiH].[LiH].[LiH].[LiH].[LiH].[LiH].[LiH].[LiH].[LiH].[LiH].[LiH].[LiH].[LiH].[LiH].[LiH].[LiH].[LiH].[LiH].[LiH].[LiH]. The molecule has 0 fully saturated rings. The molecular weight excluding hydrogens is 1030 g/mol. The van der Waals surface area contributed by atoms with Gasteiger partial charge in [-0.05, 0) is 0 Å². The van der Waals surface area contributed by atoms with Gasteiger partial charge in [0.2, 0.25) is 0 Å². The van der Waals surface area contributed by atoms with Crippen molar-refractivity contribution in [1.29, 1.82) is 0 Å². The Kier molecular flexibility index (Phi) is 10300. The van der Waals surface area contributed by atoms with E-state index in [-0.39, 0.29) is 687 Å². The number of hydrogen-bond acceptors (Lipinski definition) is 0. The topological polar surface area (TPSA) is 0 Å². The van der Waals surface area contributed by atoms with Gasteiger partial charge in [-0.15, -0.1) is 310 Å². The normalized spacial score (nSPS) is 0. The molecule has 0 aliphatic rings. The monoisotopic (exact) mass is 1060 g/mol. The zero-order valence-electron chi connectivity index (χ0n) is 10.2. The molecule has 0 aliphatic carbocycles. The van der Waals surface area contributed by atoms with Gasteiger partial charge in [0.15, 0.2) is 0 Å². The Labute approximate surface area is 671 Å². The Hall–Kier alpha value is 19.2. The summed E-state index contributed by atoms with van der Waals surface area (Å²) < 4.78 is 0. The fraction of sp³-hybridized carbons (Fsp3) is 0. The van der Waals surface area contributed by atoms with Gasteiger partial charge in [0, 0.05) is 0 Å². The molecule has 0 amide bonds. The van der Waals surface area contributed by atoms with E-state index in [1.807, 2.05) is 0 Å². The van der Waals surface area contributed by atoms with Crippen molar-refractivity contribution in [2.45, 2.75) is 0 Å². The molecule has 0 aromatic heterocycles. The molecule has 0 radical (unpaired) electrons. The number of rotatable bonds is 0. The first-order valence-electron chi connectivity index (χ1n) is 0. The first-order chi connectivity index (χ1) is 0. The van der Waals surface area contributed by atoms with Crippen molar-refractivity contribution in [1.82, 2.24) is 0 Å². The van der Waals surface area contributed by atoms with Crippen LogP contribution in [0, 0.1) is 0 Å². The average Bonchev–Trinajstić information content (AvgIpc) is 0. The zero-order chi connectivity index (χ0) is 0. The molecule has 0 saturated carbocycles. The number of halogens is 25. The summed E-state index contributed by atoms with van der Waals surface area (Å²) in [5.41, 5.74) is 0. The van der Waals surface area contributed by atoms with Gasteiger partial charge in [-0.25, -0.2) is 0 Å². The fourth-order valence-corrected chi connectivity index (χ4v) is 0. The predicted molar refractivity (Wildman–Crippen MR) is 324 cm³/mol. The Morgan fingerprint density at radius 1 is 0.0444 bits per heavy atom. The third-order valence-electron chi connectivity index (χ3n) is 0. The summed E-state index contributed by atoms with van der Waals surface area (Å²) in [6.45, 7) is 0. The van der Waals surface area contributed by atoms with E-state index in [1.54, 1.807) is 0 Å². The molecule has 0 saturated heterocycles. The molecule has 0 bridgehead atoms. The molecule has 45 heavy (non-hydrogen) atoms. The van der Waals surface area contributed by atoms with Crippen LogP contribution < -0.4 is 0 Å². The maximum absolute atomic E-state index is 0. The summed E-state index contributed by atoms with van der Waals surface area (Å²) in [6, 6.07) is 0. The van der Waals surface area contributed by atoms with Gasteiger partial charge in [-0.1, -0.05) is 0 Å². The van der Waals surface area contributed by atoms with Gasteiger partial charge >= 0.3 is 377 Å². The van der Waals surface area contributed by atoms with Crippen LogP contribution in [-0.4, -0.2) is 377 Å². The van der Waals surface area contributed by atoms with E-state index in [1.165, 1.54) is 0 Å². The van der Waals surface area contributed by atoms with Crippen molar-refractivity contribution in [3.8, 4) is 0 Å². The predicted octanol–water partition coefficient (Wildman–Crippen LogP) is -2.43. The minimum absolute atomic E-state index is 0. The fourth-order valence-electron chi connectivity index (χ4n) is 0. The molecule has 0 atom stereocenters. The van der Waals surface area contributed by atoms with E-state index < -0.39 is 0 Å². The van der Waals surface area contributed by atoms with Gasteiger partial charge in [0.1, 0.15) is 0 Å². The maximum atomic E-state index is 0. The van der Waals surface area contributed by atoms with Crippen LogP contribution in [0.4, 0.5) is 0 Å². The standard InChI is InChI=1S/25ClH.20Li.20H/h25*1H;;;;;;;;;;;;;;;;;;;;;;;;;;;;;;;;;;;;;;;;. The van der Waals surface area contributed by atoms with Crippen molar-refractivity contribution in [2.24, 2.45) is 0 Å². The Morgan fingerprint density at radius 3 is 0.0444 bits per heavy atom. The molecule has 45 heteroatoms. The zero-order valence-corrected chi connectivity index (χ0v) is 30.6. The molecule has 0 unspecified atom stereocenters. The molecule has 0 spiro atoms. The van der Waals surface area contributed by atoms with Crippen LogP contribution in [0.1, 0.15) is 0 Å². The van der Waals surface area contributed by atoms with Crippen molar-refractivity contribution in [2.75, 3.05) is 0 Å². The minimum atomic E-state index is 0. The molecule has 0 rings (SSSR count). The Bertz CT molecular complexity index is 44.6. The molecule has 0 aromatic rings. The van der Waals surface area contributed by atoms with Gasteiger partial charge < -0.3 is 0 Å². The number of hydrogen-bond donors (Lipinski definition) is 0. The molecule has 240 valence electrons. The molecule has 0 aromatic carbocycles. The van der Waals surface area contributed by atoms with Crippen molar-refractivity contribution in [3.05, 3.63) is 0 Å². The second kappa shape index (κ2) is 663. The van der Waals surface area contributed by atoms with Crippen LogP contribution in [0.5, 0.6) is 0 Å². The summed E-state index contributed by atoms with van der Waals surface area (Å²) in [4.78, 5) is 0. The van der Waals surface area contributed by atoms with Crippen LogP contribution in [0.25, 0.3) is 0 Å². The average molecular weight is 1070 g/mol. The van der Waals surface area contributed by atoms with E-state index in [0.29, 0.717) is 0 Å². The van der Waals surface area contributed by atoms with Crippen molar-refractivity contribution < 1.29 is 0 Å². The molecule has 0 N–H and O–H groups in total. The first-order valence-corrected chi connectivity index (χ1v) is 0. The van der Waals surface area contributed by atoms with Gasteiger partial charge in [-0.3, -0.25) is 0 Å². The van der Waals surface area contributed by atoms with E-state index in [4.69, 9.17) is 0 Å². The summed E-state index contributed by atoms with van der Waals surface area (Å²) >= 11 is 0. The Morgan fingerprint density at radius 2 is 0.0444 bits per heavy atom. The molecule has 0 aliphatic heterocycles. The van der Waals surface area contributed by atoms with E-state index in [9.17, 15) is 0 Å².